The molecule has 32 heavy (non-hydrogen) atoms. The number of carbonyl (C=O) groups excluding carboxylic acids is 1. The molecule has 0 aromatic heterocycles. The van der Waals surface area contributed by atoms with E-state index in [0.29, 0.717) is 5.75 Å². The molecule has 0 aliphatic rings. The first-order chi connectivity index (χ1) is 15.3. The molecule has 3 N–H and O–H groups in total. The average molecular weight is 571 g/mol. The van der Waals surface area contributed by atoms with Crippen LogP contribution in [0.3, 0.4) is 0 Å². The Hall–Kier alpha value is -2.40. The number of para-hydroxylation sites is 1. The molecule has 0 aliphatic carbocycles. The van der Waals surface area contributed by atoms with E-state index < -0.39 is 17.8 Å². The van der Waals surface area contributed by atoms with E-state index in [2.05, 4.69) is 33.4 Å². The van der Waals surface area contributed by atoms with Crippen molar-refractivity contribution in [1.82, 2.24) is 5.48 Å². The molecule has 1 unspecified atom stereocenters. The zero-order valence-electron chi connectivity index (χ0n) is 17.1. The van der Waals surface area contributed by atoms with Gasteiger partial charge in [-0.15, -0.1) is 0 Å². The smallest absolute Gasteiger partial charge is 0.277 e. The Morgan fingerprint density at radius 3 is 2.59 bits per heavy atom. The van der Waals surface area contributed by atoms with Gasteiger partial charge in [0.2, 0.25) is 0 Å². The summed E-state index contributed by atoms with van der Waals surface area (Å²) in [5.74, 6) is -0.699. The second-order valence-corrected chi connectivity index (χ2v) is 8.57. The number of benzene rings is 3. The highest BCUT2D eigenvalue weighted by Crippen LogP contribution is 2.29. The molecular formula is C23H21ClFIN2O4. The monoisotopic (exact) mass is 570 g/mol. The van der Waals surface area contributed by atoms with Crippen LogP contribution in [0.5, 0.6) is 5.75 Å². The zero-order valence-corrected chi connectivity index (χ0v) is 20.0. The van der Waals surface area contributed by atoms with Crippen molar-refractivity contribution in [3.63, 3.8) is 0 Å². The Balaban J connectivity index is 1.62. The number of carbonyl (C=O) groups is 1. The van der Waals surface area contributed by atoms with Crippen molar-refractivity contribution in [2.75, 3.05) is 18.5 Å². The summed E-state index contributed by atoms with van der Waals surface area (Å²) in [6.07, 6.45) is -0.973. The largest absolute Gasteiger partial charge is 0.491 e. The topological polar surface area (TPSA) is 79.8 Å². The minimum atomic E-state index is -0.973. The van der Waals surface area contributed by atoms with Crippen molar-refractivity contribution in [2.45, 2.75) is 13.0 Å². The third-order valence-corrected chi connectivity index (χ3v) is 5.35. The first-order valence-electron chi connectivity index (χ1n) is 9.63. The molecule has 0 radical (unpaired) electrons. The number of ether oxygens (including phenoxy) is 1. The molecule has 0 fully saturated rings. The van der Waals surface area contributed by atoms with E-state index in [1.54, 1.807) is 12.1 Å². The number of hydrogen-bond donors (Lipinski definition) is 3. The Bertz CT molecular complexity index is 1090. The highest BCUT2D eigenvalue weighted by Gasteiger charge is 2.17. The number of hydroxylamine groups is 1. The summed E-state index contributed by atoms with van der Waals surface area (Å²) in [4.78, 5) is 17.8. The van der Waals surface area contributed by atoms with Gasteiger partial charge in [-0.3, -0.25) is 9.63 Å². The predicted octanol–water partition coefficient (Wildman–Crippen LogP) is 5.24. The maximum atomic E-state index is 14.1. The Morgan fingerprint density at radius 1 is 1.12 bits per heavy atom. The number of hydrogen-bond acceptors (Lipinski definition) is 5. The number of halogens is 3. The lowest BCUT2D eigenvalue weighted by Crippen LogP contribution is -2.31. The number of aliphatic hydroxyl groups excluding tert-OH is 1. The molecule has 0 bridgehead atoms. The van der Waals surface area contributed by atoms with Crippen LogP contribution >= 0.6 is 34.2 Å². The number of anilines is 2. The fourth-order valence-corrected chi connectivity index (χ4v) is 3.58. The van der Waals surface area contributed by atoms with Crippen LogP contribution in [0.2, 0.25) is 5.02 Å². The van der Waals surface area contributed by atoms with Crippen LogP contribution in [0.4, 0.5) is 15.8 Å². The molecule has 1 atom stereocenters. The van der Waals surface area contributed by atoms with E-state index in [1.807, 2.05) is 43.3 Å². The van der Waals surface area contributed by atoms with Gasteiger partial charge in [-0.25, -0.2) is 9.87 Å². The molecule has 0 saturated carbocycles. The number of rotatable bonds is 9. The summed E-state index contributed by atoms with van der Waals surface area (Å²) in [5.41, 5.74) is 4.21. The van der Waals surface area contributed by atoms with E-state index in [1.165, 1.54) is 6.07 Å². The lowest BCUT2D eigenvalue weighted by molar-refractivity contribution is -0.0259. The van der Waals surface area contributed by atoms with E-state index >= 15 is 0 Å². The number of nitrogens with one attached hydrogen (secondary N) is 2. The maximum Gasteiger partial charge on any atom is 0.277 e. The summed E-state index contributed by atoms with van der Waals surface area (Å²) < 4.78 is 20.6. The van der Waals surface area contributed by atoms with Crippen LogP contribution in [-0.4, -0.2) is 30.3 Å². The quantitative estimate of drug-likeness (QED) is 0.242. The lowest BCUT2D eigenvalue weighted by Gasteiger charge is -2.16. The van der Waals surface area contributed by atoms with E-state index in [4.69, 9.17) is 21.2 Å². The highest BCUT2D eigenvalue weighted by molar-refractivity contribution is 14.1. The molecule has 3 aromatic carbocycles. The van der Waals surface area contributed by atoms with Crippen molar-refractivity contribution >= 4 is 51.5 Å². The van der Waals surface area contributed by atoms with Crippen LogP contribution in [0, 0.1) is 16.3 Å². The SMILES string of the molecule is Cc1cc(I)ccc1Nc1cc(F)c(Cl)cc1C(=O)NOCC(O)COc1ccccc1. The van der Waals surface area contributed by atoms with Gasteiger partial charge in [-0.05, 0) is 77.5 Å². The van der Waals surface area contributed by atoms with Gasteiger partial charge in [-0.2, -0.15) is 0 Å². The van der Waals surface area contributed by atoms with Gasteiger partial charge in [0.1, 0.15) is 30.9 Å². The molecule has 168 valence electrons. The summed E-state index contributed by atoms with van der Waals surface area (Å²) in [7, 11) is 0. The van der Waals surface area contributed by atoms with Gasteiger partial charge in [0.25, 0.3) is 5.91 Å². The summed E-state index contributed by atoms with van der Waals surface area (Å²) in [6.45, 7) is 1.69. The van der Waals surface area contributed by atoms with Gasteiger partial charge in [0.05, 0.1) is 16.3 Å². The second-order valence-electron chi connectivity index (χ2n) is 6.92. The van der Waals surface area contributed by atoms with Gasteiger partial charge in [-0.1, -0.05) is 29.8 Å². The number of amides is 1. The number of aliphatic hydroxyl groups is 1. The average Bonchev–Trinajstić information content (AvgIpc) is 2.77. The third kappa shape index (κ3) is 6.80. The molecule has 0 saturated heterocycles. The molecule has 3 rings (SSSR count). The first kappa shape index (κ1) is 24.2. The van der Waals surface area contributed by atoms with Crippen molar-refractivity contribution in [1.29, 1.82) is 0 Å². The molecule has 3 aromatic rings. The van der Waals surface area contributed by atoms with Gasteiger partial charge < -0.3 is 15.2 Å². The molecule has 9 heteroatoms. The van der Waals surface area contributed by atoms with Gasteiger partial charge in [0.15, 0.2) is 0 Å². The fourth-order valence-electron chi connectivity index (χ4n) is 2.77. The molecule has 0 heterocycles. The molecule has 1 amide bonds. The van der Waals surface area contributed by atoms with Crippen LogP contribution in [0.1, 0.15) is 15.9 Å². The van der Waals surface area contributed by atoms with Gasteiger partial charge >= 0.3 is 0 Å². The Morgan fingerprint density at radius 2 is 1.88 bits per heavy atom. The molecule has 0 aliphatic heterocycles. The summed E-state index contributed by atoms with van der Waals surface area (Å²) in [5, 5.41) is 12.9. The van der Waals surface area contributed by atoms with Gasteiger partial charge in [0, 0.05) is 9.26 Å². The molecule has 0 spiro atoms. The molecular weight excluding hydrogens is 550 g/mol. The van der Waals surface area contributed by atoms with Crippen LogP contribution in [0.25, 0.3) is 0 Å². The minimum absolute atomic E-state index is 0.0127. The van der Waals surface area contributed by atoms with Crippen molar-refractivity contribution in [2.24, 2.45) is 0 Å². The maximum absolute atomic E-state index is 14.1. The minimum Gasteiger partial charge on any atom is -0.491 e. The van der Waals surface area contributed by atoms with E-state index in [9.17, 15) is 14.3 Å². The van der Waals surface area contributed by atoms with Crippen LogP contribution < -0.4 is 15.5 Å². The molecule has 6 nitrogen and oxygen atoms in total. The van der Waals surface area contributed by atoms with E-state index in [-0.39, 0.29) is 29.5 Å². The summed E-state index contributed by atoms with van der Waals surface area (Å²) in [6, 6.07) is 17.1. The van der Waals surface area contributed by atoms with Crippen LogP contribution in [0.15, 0.2) is 60.7 Å². The summed E-state index contributed by atoms with van der Waals surface area (Å²) >= 11 is 8.08. The second kappa shape index (κ2) is 11.5. The first-order valence-corrected chi connectivity index (χ1v) is 11.1. The standard InChI is InChI=1S/C23H21ClFIN2O4/c1-14-9-15(26)7-8-21(14)27-22-11-20(25)19(24)10-18(22)23(30)28-32-13-16(29)12-31-17-5-3-2-4-6-17/h2-11,16,27,29H,12-13H2,1H3,(H,28,30). The van der Waals surface area contributed by atoms with E-state index in [0.717, 1.165) is 20.9 Å². The lowest BCUT2D eigenvalue weighted by atomic mass is 10.1. The zero-order chi connectivity index (χ0) is 23.1. The fraction of sp³-hybridized carbons (Fsp3) is 0.174. The third-order valence-electron chi connectivity index (χ3n) is 4.39. The highest BCUT2D eigenvalue weighted by atomic mass is 127. The Kier molecular flexibility index (Phi) is 8.68. The van der Waals surface area contributed by atoms with Crippen LogP contribution in [-0.2, 0) is 4.84 Å². The van der Waals surface area contributed by atoms with Crippen molar-refractivity contribution < 1.29 is 23.9 Å². The Labute approximate surface area is 203 Å². The van der Waals surface area contributed by atoms with Crippen molar-refractivity contribution in [3.8, 4) is 5.75 Å². The number of aryl methyl sites for hydroxylation is 1. The van der Waals surface area contributed by atoms with Crippen molar-refractivity contribution in [3.05, 3.63) is 86.2 Å². The predicted molar refractivity (Wildman–Crippen MR) is 130 cm³/mol. The normalized spacial score (nSPS) is 11.7.